The molecule has 0 amide bonds. The molecule has 136 valence electrons. The number of ether oxygens (including phenoxy) is 1. The van der Waals surface area contributed by atoms with Crippen molar-refractivity contribution in [2.24, 2.45) is 5.92 Å². The number of hydrogen-bond acceptors (Lipinski definition) is 3. The quantitative estimate of drug-likeness (QED) is 0.761. The summed E-state index contributed by atoms with van der Waals surface area (Å²) in [6.45, 7) is 4.56. The second-order valence-electron chi connectivity index (χ2n) is 7.59. The summed E-state index contributed by atoms with van der Waals surface area (Å²) in [5.41, 5.74) is 3.45. The van der Waals surface area contributed by atoms with Crippen LogP contribution in [-0.2, 0) is 17.7 Å². The third-order valence-corrected chi connectivity index (χ3v) is 5.87. The van der Waals surface area contributed by atoms with Gasteiger partial charge in [0.25, 0.3) is 0 Å². The van der Waals surface area contributed by atoms with Gasteiger partial charge in [0.2, 0.25) is 0 Å². The predicted octanol–water partition coefficient (Wildman–Crippen LogP) is 4.11. The molecule has 2 atom stereocenters. The van der Waals surface area contributed by atoms with E-state index in [0.29, 0.717) is 17.9 Å². The SMILES string of the molecule is CCc1cccc(C(=O)C2CC3COCC(C2)N3Cc2ccccc2)c1. The number of hydrogen-bond donors (Lipinski definition) is 0. The van der Waals surface area contributed by atoms with Gasteiger partial charge in [0.05, 0.1) is 13.2 Å². The summed E-state index contributed by atoms with van der Waals surface area (Å²) < 4.78 is 5.82. The number of rotatable bonds is 5. The zero-order chi connectivity index (χ0) is 17.9. The number of benzene rings is 2. The van der Waals surface area contributed by atoms with E-state index < -0.39 is 0 Å². The number of carbonyl (C=O) groups is 1. The van der Waals surface area contributed by atoms with E-state index in [1.165, 1.54) is 11.1 Å². The number of carbonyl (C=O) groups excluding carboxylic acids is 1. The monoisotopic (exact) mass is 349 g/mol. The van der Waals surface area contributed by atoms with E-state index in [2.05, 4.69) is 54.3 Å². The minimum absolute atomic E-state index is 0.119. The summed E-state index contributed by atoms with van der Waals surface area (Å²) in [4.78, 5) is 15.7. The fourth-order valence-corrected chi connectivity index (χ4v) is 4.44. The number of morpholine rings is 1. The minimum atomic E-state index is 0.119. The number of nitrogens with zero attached hydrogens (tertiary/aromatic N) is 1. The molecule has 2 aliphatic rings. The van der Waals surface area contributed by atoms with Crippen molar-refractivity contribution in [2.75, 3.05) is 13.2 Å². The molecule has 26 heavy (non-hydrogen) atoms. The number of fused-ring (bicyclic) bond motifs is 2. The van der Waals surface area contributed by atoms with E-state index in [9.17, 15) is 4.79 Å². The van der Waals surface area contributed by atoms with Gasteiger partial charge in [-0.2, -0.15) is 0 Å². The Morgan fingerprint density at radius 2 is 1.69 bits per heavy atom. The first-order valence-electron chi connectivity index (χ1n) is 9.75. The molecule has 0 spiro atoms. The summed E-state index contributed by atoms with van der Waals surface area (Å²) in [6.07, 6.45) is 2.77. The molecule has 0 radical (unpaired) electrons. The van der Waals surface area contributed by atoms with E-state index in [1.807, 2.05) is 12.1 Å². The number of aryl methyl sites for hydroxylation is 1. The fraction of sp³-hybridized carbons (Fsp3) is 0.435. The van der Waals surface area contributed by atoms with Crippen LogP contribution in [0.4, 0.5) is 0 Å². The second kappa shape index (κ2) is 7.73. The van der Waals surface area contributed by atoms with Crippen LogP contribution >= 0.6 is 0 Å². The van der Waals surface area contributed by atoms with Gasteiger partial charge in [0, 0.05) is 30.1 Å². The van der Waals surface area contributed by atoms with Crippen molar-refractivity contribution in [2.45, 2.75) is 44.8 Å². The molecule has 2 aliphatic heterocycles. The van der Waals surface area contributed by atoms with Gasteiger partial charge in [-0.25, -0.2) is 0 Å². The molecule has 2 aromatic rings. The zero-order valence-corrected chi connectivity index (χ0v) is 15.4. The van der Waals surface area contributed by atoms with Crippen molar-refractivity contribution in [1.82, 2.24) is 4.90 Å². The van der Waals surface area contributed by atoms with Crippen molar-refractivity contribution in [3.8, 4) is 0 Å². The van der Waals surface area contributed by atoms with Crippen LogP contribution in [-0.4, -0.2) is 36.0 Å². The van der Waals surface area contributed by atoms with Gasteiger partial charge in [0.1, 0.15) is 0 Å². The first-order chi connectivity index (χ1) is 12.7. The van der Waals surface area contributed by atoms with E-state index in [1.54, 1.807) is 0 Å². The van der Waals surface area contributed by atoms with E-state index in [0.717, 1.165) is 44.6 Å². The summed E-state index contributed by atoms with van der Waals surface area (Å²) in [6, 6.07) is 19.5. The Kier molecular flexibility index (Phi) is 5.18. The summed E-state index contributed by atoms with van der Waals surface area (Å²) in [7, 11) is 0. The Labute approximate surface area is 156 Å². The van der Waals surface area contributed by atoms with Crippen LogP contribution in [0, 0.1) is 5.92 Å². The largest absolute Gasteiger partial charge is 0.378 e. The van der Waals surface area contributed by atoms with Gasteiger partial charge >= 0.3 is 0 Å². The molecule has 2 fully saturated rings. The molecule has 0 aromatic heterocycles. The van der Waals surface area contributed by atoms with Gasteiger partial charge in [-0.1, -0.05) is 55.5 Å². The van der Waals surface area contributed by atoms with Crippen LogP contribution < -0.4 is 0 Å². The van der Waals surface area contributed by atoms with Gasteiger partial charge in [-0.3, -0.25) is 9.69 Å². The maximum Gasteiger partial charge on any atom is 0.166 e. The Bertz CT molecular complexity index is 744. The van der Waals surface area contributed by atoms with Crippen molar-refractivity contribution in [1.29, 1.82) is 0 Å². The predicted molar refractivity (Wildman–Crippen MR) is 103 cm³/mol. The molecular formula is C23H27NO2. The first kappa shape index (κ1) is 17.4. The lowest BCUT2D eigenvalue weighted by atomic mass is 9.80. The molecule has 2 heterocycles. The molecule has 0 saturated carbocycles. The highest BCUT2D eigenvalue weighted by atomic mass is 16.5. The summed E-state index contributed by atoms with van der Waals surface area (Å²) >= 11 is 0. The zero-order valence-electron chi connectivity index (χ0n) is 15.4. The standard InChI is InChI=1S/C23H27NO2/c1-2-17-9-6-10-19(11-17)23(25)20-12-21-15-26-16-22(13-20)24(21)14-18-7-4-3-5-8-18/h3-11,20-22H,2,12-16H2,1H3. The molecule has 3 heteroatoms. The van der Waals surface area contributed by atoms with E-state index in [-0.39, 0.29) is 5.92 Å². The first-order valence-corrected chi connectivity index (χ1v) is 9.75. The van der Waals surface area contributed by atoms with Crippen LogP contribution in [0.25, 0.3) is 0 Å². The van der Waals surface area contributed by atoms with Crippen molar-refractivity contribution in [3.05, 3.63) is 71.3 Å². The molecule has 0 aliphatic carbocycles. The molecule has 0 N–H and O–H groups in total. The lowest BCUT2D eigenvalue weighted by Gasteiger charge is -2.48. The Balaban J connectivity index is 1.49. The van der Waals surface area contributed by atoms with Crippen LogP contribution in [0.5, 0.6) is 0 Å². The van der Waals surface area contributed by atoms with Crippen molar-refractivity contribution >= 4 is 5.78 Å². The summed E-state index contributed by atoms with van der Waals surface area (Å²) in [5.74, 6) is 0.435. The number of ketones is 1. The van der Waals surface area contributed by atoms with Crippen LogP contribution in [0.15, 0.2) is 54.6 Å². The van der Waals surface area contributed by atoms with Gasteiger partial charge in [-0.15, -0.1) is 0 Å². The maximum absolute atomic E-state index is 13.1. The molecule has 4 rings (SSSR count). The van der Waals surface area contributed by atoms with E-state index in [4.69, 9.17) is 4.74 Å². The average molecular weight is 349 g/mol. The van der Waals surface area contributed by atoms with E-state index >= 15 is 0 Å². The van der Waals surface area contributed by atoms with Gasteiger partial charge in [-0.05, 0) is 36.5 Å². The Morgan fingerprint density at radius 3 is 2.38 bits per heavy atom. The molecule has 2 unspecified atom stereocenters. The van der Waals surface area contributed by atoms with Crippen LogP contribution in [0.2, 0.25) is 0 Å². The molecule has 2 aromatic carbocycles. The topological polar surface area (TPSA) is 29.5 Å². The highest BCUT2D eigenvalue weighted by Gasteiger charge is 2.41. The van der Waals surface area contributed by atoms with Crippen molar-refractivity contribution in [3.63, 3.8) is 0 Å². The molecule has 3 nitrogen and oxygen atoms in total. The second-order valence-corrected chi connectivity index (χ2v) is 7.59. The lowest BCUT2D eigenvalue weighted by Crippen LogP contribution is -2.57. The Morgan fingerprint density at radius 1 is 1.00 bits per heavy atom. The fourth-order valence-electron chi connectivity index (χ4n) is 4.44. The molecular weight excluding hydrogens is 322 g/mol. The maximum atomic E-state index is 13.1. The average Bonchev–Trinajstić information content (AvgIpc) is 2.68. The highest BCUT2D eigenvalue weighted by molar-refractivity contribution is 5.98. The van der Waals surface area contributed by atoms with Crippen molar-refractivity contribution < 1.29 is 9.53 Å². The molecule has 2 bridgehead atoms. The third-order valence-electron chi connectivity index (χ3n) is 5.87. The minimum Gasteiger partial charge on any atom is -0.378 e. The smallest absolute Gasteiger partial charge is 0.166 e. The van der Waals surface area contributed by atoms with Gasteiger partial charge in [0.15, 0.2) is 5.78 Å². The third kappa shape index (κ3) is 3.60. The lowest BCUT2D eigenvalue weighted by molar-refractivity contribution is -0.0872. The summed E-state index contributed by atoms with van der Waals surface area (Å²) in [5, 5.41) is 0. The Hall–Kier alpha value is -1.97. The van der Waals surface area contributed by atoms with Crippen LogP contribution in [0.3, 0.4) is 0 Å². The molecule has 2 saturated heterocycles. The number of piperidine rings is 1. The normalized spacial score (nSPS) is 25.8. The van der Waals surface area contributed by atoms with Crippen LogP contribution in [0.1, 0.15) is 41.3 Å². The number of Topliss-reactive ketones (excluding diaryl/α,β-unsaturated/α-hetero) is 1. The van der Waals surface area contributed by atoms with Gasteiger partial charge < -0.3 is 4.74 Å². The highest BCUT2D eigenvalue weighted by Crippen LogP contribution is 2.34.